The molecule has 2 rings (SSSR count). The predicted molar refractivity (Wildman–Crippen MR) is 115 cm³/mol. The van der Waals surface area contributed by atoms with Crippen LogP contribution in [-0.2, 0) is 21.4 Å². The molecule has 6 nitrogen and oxygen atoms in total. The molecule has 1 amide bonds. The largest absolute Gasteiger partial charge is 0.352 e. The van der Waals surface area contributed by atoms with Gasteiger partial charge < -0.3 is 11.1 Å². The van der Waals surface area contributed by atoms with Crippen LogP contribution in [0.2, 0.25) is 0 Å². The van der Waals surface area contributed by atoms with Crippen molar-refractivity contribution in [2.75, 3.05) is 11.3 Å². The quantitative estimate of drug-likeness (QED) is 0.480. The van der Waals surface area contributed by atoms with Crippen LogP contribution in [0.5, 0.6) is 0 Å². The smallest absolute Gasteiger partial charge is 0.261 e. The molecule has 2 aromatic rings. The van der Waals surface area contributed by atoms with Crippen molar-refractivity contribution in [1.82, 2.24) is 5.32 Å². The van der Waals surface area contributed by atoms with Gasteiger partial charge in [-0.1, -0.05) is 49.2 Å². The van der Waals surface area contributed by atoms with Crippen LogP contribution in [0, 0.1) is 0 Å². The van der Waals surface area contributed by atoms with Gasteiger partial charge in [-0.15, -0.1) is 12.4 Å². The number of hydrogen-bond donors (Lipinski definition) is 3. The van der Waals surface area contributed by atoms with Crippen LogP contribution in [0.4, 0.5) is 5.69 Å². The molecule has 0 aliphatic carbocycles. The molecule has 0 heterocycles. The maximum absolute atomic E-state index is 12.5. The van der Waals surface area contributed by atoms with Crippen LogP contribution in [0.1, 0.15) is 37.7 Å². The van der Waals surface area contributed by atoms with Crippen molar-refractivity contribution in [1.29, 1.82) is 0 Å². The van der Waals surface area contributed by atoms with Gasteiger partial charge in [0, 0.05) is 13.0 Å². The minimum atomic E-state index is -3.67. The van der Waals surface area contributed by atoms with Gasteiger partial charge in [0.1, 0.15) is 0 Å². The molecule has 0 radical (unpaired) electrons. The third kappa shape index (κ3) is 7.88. The normalized spacial score (nSPS) is 10.8. The monoisotopic (exact) mass is 425 g/mol. The van der Waals surface area contributed by atoms with Gasteiger partial charge in [0.05, 0.1) is 10.6 Å². The van der Waals surface area contributed by atoms with Gasteiger partial charge in [-0.25, -0.2) is 8.42 Å². The number of para-hydroxylation sites is 1. The number of amides is 1. The molecule has 0 saturated carbocycles. The third-order valence-electron chi connectivity index (χ3n) is 4.15. The molecule has 0 saturated heterocycles. The fraction of sp³-hybridized carbons (Fsp3) is 0.350. The minimum absolute atomic E-state index is 0. The van der Waals surface area contributed by atoms with Crippen molar-refractivity contribution in [3.8, 4) is 0 Å². The molecule has 0 aliphatic rings. The molecule has 154 valence electrons. The number of benzene rings is 2. The zero-order valence-electron chi connectivity index (χ0n) is 15.8. The van der Waals surface area contributed by atoms with Crippen molar-refractivity contribution in [2.24, 2.45) is 5.73 Å². The summed E-state index contributed by atoms with van der Waals surface area (Å²) in [5, 5.41) is 2.86. The summed E-state index contributed by atoms with van der Waals surface area (Å²) in [5.74, 6) is -0.0385. The average molecular weight is 426 g/mol. The zero-order valence-corrected chi connectivity index (χ0v) is 17.4. The summed E-state index contributed by atoms with van der Waals surface area (Å²) < 4.78 is 27.6. The number of hydrogen-bond acceptors (Lipinski definition) is 4. The Morgan fingerprint density at radius 2 is 1.54 bits per heavy atom. The first-order chi connectivity index (χ1) is 13.0. The molecule has 0 aliphatic heterocycles. The Bertz CT molecular complexity index is 830. The van der Waals surface area contributed by atoms with E-state index in [9.17, 15) is 13.2 Å². The lowest BCUT2D eigenvalue weighted by Crippen LogP contribution is -2.23. The molecule has 28 heavy (non-hydrogen) atoms. The number of anilines is 1. The van der Waals surface area contributed by atoms with Gasteiger partial charge in [-0.05, 0) is 43.1 Å². The van der Waals surface area contributed by atoms with Crippen molar-refractivity contribution < 1.29 is 13.2 Å². The first-order valence-corrected chi connectivity index (χ1v) is 10.6. The van der Waals surface area contributed by atoms with E-state index in [1.165, 1.54) is 12.1 Å². The van der Waals surface area contributed by atoms with Gasteiger partial charge >= 0.3 is 0 Å². The number of unbranched alkanes of at least 4 members (excludes halogenated alkanes) is 3. The minimum Gasteiger partial charge on any atom is -0.352 e. The Morgan fingerprint density at radius 1 is 0.893 bits per heavy atom. The summed E-state index contributed by atoms with van der Waals surface area (Å²) in [4.78, 5) is 12.2. The number of carbonyl (C=O) groups excluding carboxylic acids is 1. The molecule has 0 spiro atoms. The standard InChI is InChI=1S/C20H27N3O3S.ClH/c21-15-9-2-1-6-14-20(24)22-16-17-10-7-8-13-19(17)23-27(25,26)18-11-4-3-5-12-18;/h3-5,7-8,10-13,23H,1-2,6,9,14-16,21H2,(H,22,24);1H. The van der Waals surface area contributed by atoms with E-state index in [0.29, 0.717) is 24.2 Å². The second-order valence-electron chi connectivity index (χ2n) is 6.31. The second kappa shape index (κ2) is 12.4. The van der Waals surface area contributed by atoms with Crippen LogP contribution >= 0.6 is 12.4 Å². The van der Waals surface area contributed by atoms with Gasteiger partial charge in [0.15, 0.2) is 0 Å². The highest BCUT2D eigenvalue weighted by molar-refractivity contribution is 7.92. The number of rotatable bonds is 11. The Morgan fingerprint density at radius 3 is 2.25 bits per heavy atom. The average Bonchev–Trinajstić information content (AvgIpc) is 2.67. The van der Waals surface area contributed by atoms with Gasteiger partial charge in [0.25, 0.3) is 10.0 Å². The van der Waals surface area contributed by atoms with E-state index >= 15 is 0 Å². The summed E-state index contributed by atoms with van der Waals surface area (Å²) in [6.45, 7) is 0.955. The van der Waals surface area contributed by atoms with E-state index in [1.54, 1.807) is 36.4 Å². The number of sulfonamides is 1. The molecule has 2 aromatic carbocycles. The predicted octanol–water partition coefficient (Wildman–Crippen LogP) is 3.43. The first-order valence-electron chi connectivity index (χ1n) is 9.15. The highest BCUT2D eigenvalue weighted by atomic mass is 35.5. The first kappa shape index (κ1) is 23.9. The van der Waals surface area contributed by atoms with E-state index in [1.807, 2.05) is 6.07 Å². The number of carbonyl (C=O) groups is 1. The lowest BCUT2D eigenvalue weighted by molar-refractivity contribution is -0.121. The van der Waals surface area contributed by atoms with Crippen LogP contribution in [0.25, 0.3) is 0 Å². The molecule has 4 N–H and O–H groups in total. The van der Waals surface area contributed by atoms with Crippen molar-refractivity contribution >= 4 is 34.0 Å². The molecular weight excluding hydrogens is 398 g/mol. The fourth-order valence-corrected chi connectivity index (χ4v) is 3.76. The van der Waals surface area contributed by atoms with E-state index < -0.39 is 10.0 Å². The highest BCUT2D eigenvalue weighted by Crippen LogP contribution is 2.20. The van der Waals surface area contributed by atoms with Crippen LogP contribution < -0.4 is 15.8 Å². The number of nitrogens with two attached hydrogens (primary N) is 1. The molecule has 0 aromatic heterocycles. The van der Waals surface area contributed by atoms with E-state index in [4.69, 9.17) is 5.73 Å². The summed E-state index contributed by atoms with van der Waals surface area (Å²) in [6, 6.07) is 15.2. The molecule has 0 atom stereocenters. The number of halogens is 1. The fourth-order valence-electron chi connectivity index (χ4n) is 2.64. The zero-order chi connectivity index (χ0) is 19.5. The Kier molecular flexibility index (Phi) is 10.6. The van der Waals surface area contributed by atoms with E-state index in [0.717, 1.165) is 25.7 Å². The van der Waals surface area contributed by atoms with Gasteiger partial charge in [-0.3, -0.25) is 9.52 Å². The lowest BCUT2D eigenvalue weighted by Gasteiger charge is -2.13. The van der Waals surface area contributed by atoms with Crippen LogP contribution in [0.15, 0.2) is 59.5 Å². The molecule has 0 fully saturated rings. The van der Waals surface area contributed by atoms with Crippen LogP contribution in [-0.4, -0.2) is 20.9 Å². The van der Waals surface area contributed by atoms with Gasteiger partial charge in [0.2, 0.25) is 5.91 Å². The summed E-state index contributed by atoms with van der Waals surface area (Å²) in [6.07, 6.45) is 4.29. The Hall–Kier alpha value is -2.09. The Balaban J connectivity index is 0.00000392. The molecule has 8 heteroatoms. The maximum atomic E-state index is 12.5. The maximum Gasteiger partial charge on any atom is 0.261 e. The Labute approximate surface area is 173 Å². The highest BCUT2D eigenvalue weighted by Gasteiger charge is 2.15. The number of nitrogens with one attached hydrogen (secondary N) is 2. The summed E-state index contributed by atoms with van der Waals surface area (Å²) in [5.41, 5.74) is 6.63. The van der Waals surface area contributed by atoms with Crippen molar-refractivity contribution in [3.05, 3.63) is 60.2 Å². The van der Waals surface area contributed by atoms with E-state index in [-0.39, 0.29) is 29.8 Å². The summed E-state index contributed by atoms with van der Waals surface area (Å²) >= 11 is 0. The van der Waals surface area contributed by atoms with Crippen LogP contribution in [0.3, 0.4) is 0 Å². The topological polar surface area (TPSA) is 101 Å². The molecular formula is C20H28ClN3O3S. The van der Waals surface area contributed by atoms with Crippen molar-refractivity contribution in [3.63, 3.8) is 0 Å². The van der Waals surface area contributed by atoms with Crippen molar-refractivity contribution in [2.45, 2.75) is 43.5 Å². The van der Waals surface area contributed by atoms with Gasteiger partial charge in [-0.2, -0.15) is 0 Å². The SMILES string of the molecule is Cl.NCCCCCCC(=O)NCc1ccccc1NS(=O)(=O)c1ccccc1. The third-order valence-corrected chi connectivity index (χ3v) is 5.53. The lowest BCUT2D eigenvalue weighted by atomic mass is 10.1. The second-order valence-corrected chi connectivity index (χ2v) is 7.99. The molecule has 0 bridgehead atoms. The van der Waals surface area contributed by atoms with E-state index in [2.05, 4.69) is 10.0 Å². The summed E-state index contributed by atoms with van der Waals surface area (Å²) in [7, 11) is -3.67. The molecule has 0 unspecified atom stereocenters.